The van der Waals surface area contributed by atoms with Crippen molar-refractivity contribution >= 4 is 67.1 Å². The Hall–Kier alpha value is 1.15. The van der Waals surface area contributed by atoms with Crippen LogP contribution in [-0.4, -0.2) is 12.6 Å². The predicted molar refractivity (Wildman–Crippen MR) is 65.2 cm³/mol. The Morgan fingerprint density at radius 2 is 2.09 bits per heavy atom. The summed E-state index contributed by atoms with van der Waals surface area (Å²) in [6.07, 6.45) is 0.433. The summed E-state index contributed by atoms with van der Waals surface area (Å²) < 4.78 is 6.87. The Labute approximate surface area is 102 Å². The first-order valence-electron chi connectivity index (χ1n) is 2.93. The Kier molecular flexibility index (Phi) is 7.34. The SMILES string of the molecule is CCC(=O)OCC(I)=C(Br)I. The van der Waals surface area contributed by atoms with Crippen LogP contribution in [0.3, 0.4) is 0 Å². The van der Waals surface area contributed by atoms with Gasteiger partial charge in [-0.25, -0.2) is 0 Å². The van der Waals surface area contributed by atoms with E-state index >= 15 is 0 Å². The van der Waals surface area contributed by atoms with Crippen molar-refractivity contribution in [2.45, 2.75) is 13.3 Å². The van der Waals surface area contributed by atoms with Gasteiger partial charge in [0.25, 0.3) is 0 Å². The molecule has 0 aromatic rings. The maximum absolute atomic E-state index is 10.7. The van der Waals surface area contributed by atoms with Gasteiger partial charge >= 0.3 is 5.97 Å². The Morgan fingerprint density at radius 1 is 1.55 bits per heavy atom. The molecule has 0 atom stereocenters. The quantitative estimate of drug-likeness (QED) is 0.493. The largest absolute Gasteiger partial charge is 0.460 e. The predicted octanol–water partition coefficient (Wildman–Crippen LogP) is 3.37. The molecule has 64 valence electrons. The van der Waals surface area contributed by atoms with Crippen molar-refractivity contribution in [3.8, 4) is 0 Å². The lowest BCUT2D eigenvalue weighted by atomic mass is 10.5. The lowest BCUT2D eigenvalue weighted by Crippen LogP contribution is -2.03. The summed E-state index contributed by atoms with van der Waals surface area (Å²) in [5.74, 6) is -0.163. The summed E-state index contributed by atoms with van der Waals surface area (Å²) in [5, 5.41) is 0. The van der Waals surface area contributed by atoms with Gasteiger partial charge in [0.2, 0.25) is 0 Å². The number of carbonyl (C=O) groups excluding carboxylic acids is 1. The van der Waals surface area contributed by atoms with Gasteiger partial charge in [0.1, 0.15) is 6.61 Å². The van der Waals surface area contributed by atoms with E-state index in [0.29, 0.717) is 13.0 Å². The molecular weight excluding hydrogens is 438 g/mol. The fourth-order valence-electron chi connectivity index (χ4n) is 0.300. The van der Waals surface area contributed by atoms with Gasteiger partial charge in [0.15, 0.2) is 0 Å². The third kappa shape index (κ3) is 6.32. The molecule has 0 heterocycles. The molecule has 0 N–H and O–H groups in total. The third-order valence-corrected chi connectivity index (χ3v) is 4.61. The number of ether oxygens (including phenoxy) is 1. The first kappa shape index (κ1) is 12.2. The summed E-state index contributed by atoms with van der Waals surface area (Å²) in [4.78, 5) is 10.7. The highest BCUT2D eigenvalue weighted by Crippen LogP contribution is 2.24. The Balaban J connectivity index is 3.72. The van der Waals surface area contributed by atoms with Crippen molar-refractivity contribution in [1.82, 2.24) is 0 Å². The fraction of sp³-hybridized carbons (Fsp3) is 0.500. The van der Waals surface area contributed by atoms with Crippen molar-refractivity contribution in [2.75, 3.05) is 6.61 Å². The van der Waals surface area contributed by atoms with Gasteiger partial charge in [0, 0.05) is 10.0 Å². The minimum Gasteiger partial charge on any atom is -0.460 e. The molecule has 0 spiro atoms. The second kappa shape index (κ2) is 6.64. The first-order chi connectivity index (χ1) is 5.07. The molecular formula is C6H7BrI2O2. The van der Waals surface area contributed by atoms with E-state index in [1.165, 1.54) is 0 Å². The van der Waals surface area contributed by atoms with E-state index in [4.69, 9.17) is 4.74 Å². The molecule has 0 aliphatic carbocycles. The van der Waals surface area contributed by atoms with Gasteiger partial charge in [0.05, 0.1) is 2.49 Å². The van der Waals surface area contributed by atoms with Crippen molar-refractivity contribution in [1.29, 1.82) is 0 Å². The highest BCUT2D eigenvalue weighted by atomic mass is 127. The zero-order valence-corrected chi connectivity index (χ0v) is 11.8. The monoisotopic (exact) mass is 444 g/mol. The fourth-order valence-corrected chi connectivity index (χ4v) is 0.726. The smallest absolute Gasteiger partial charge is 0.305 e. The molecule has 11 heavy (non-hydrogen) atoms. The number of esters is 1. The van der Waals surface area contributed by atoms with Gasteiger partial charge in [-0.3, -0.25) is 4.79 Å². The molecule has 0 aromatic heterocycles. The van der Waals surface area contributed by atoms with Crippen molar-refractivity contribution < 1.29 is 9.53 Å². The van der Waals surface area contributed by atoms with E-state index in [-0.39, 0.29) is 5.97 Å². The normalized spacial score (nSPS) is 12.4. The lowest BCUT2D eigenvalue weighted by Gasteiger charge is -2.01. The average Bonchev–Trinajstić information content (AvgIpc) is 1.99. The maximum atomic E-state index is 10.7. The second-order valence-electron chi connectivity index (χ2n) is 1.68. The van der Waals surface area contributed by atoms with E-state index < -0.39 is 0 Å². The highest BCUT2D eigenvalue weighted by Gasteiger charge is 2.01. The van der Waals surface area contributed by atoms with Crippen LogP contribution < -0.4 is 0 Å². The van der Waals surface area contributed by atoms with Crippen LogP contribution in [0.2, 0.25) is 0 Å². The van der Waals surface area contributed by atoms with Crippen molar-refractivity contribution in [3.05, 3.63) is 6.07 Å². The van der Waals surface area contributed by atoms with E-state index in [1.807, 2.05) is 0 Å². The van der Waals surface area contributed by atoms with Crippen LogP contribution in [0.5, 0.6) is 0 Å². The van der Waals surface area contributed by atoms with Crippen LogP contribution in [0.4, 0.5) is 0 Å². The van der Waals surface area contributed by atoms with Gasteiger partial charge < -0.3 is 4.74 Å². The van der Waals surface area contributed by atoms with Crippen LogP contribution >= 0.6 is 61.1 Å². The number of hydrogen-bond acceptors (Lipinski definition) is 2. The number of rotatable bonds is 3. The highest BCUT2D eigenvalue weighted by molar-refractivity contribution is 14.1. The molecule has 2 nitrogen and oxygen atoms in total. The molecule has 0 amide bonds. The van der Waals surface area contributed by atoms with E-state index in [1.54, 1.807) is 6.92 Å². The van der Waals surface area contributed by atoms with Gasteiger partial charge in [-0.1, -0.05) is 6.92 Å². The first-order valence-corrected chi connectivity index (χ1v) is 5.88. The minimum atomic E-state index is -0.163. The lowest BCUT2D eigenvalue weighted by molar-refractivity contribution is -0.142. The zero-order valence-electron chi connectivity index (χ0n) is 5.86. The molecule has 5 heteroatoms. The van der Waals surface area contributed by atoms with Gasteiger partial charge in [-0.15, -0.1) is 0 Å². The van der Waals surface area contributed by atoms with Crippen molar-refractivity contribution in [2.24, 2.45) is 0 Å². The van der Waals surface area contributed by atoms with Gasteiger partial charge in [-0.05, 0) is 61.1 Å². The summed E-state index contributed by atoms with van der Waals surface area (Å²) in [5.41, 5.74) is 0. The topological polar surface area (TPSA) is 26.3 Å². The average molecular weight is 445 g/mol. The zero-order chi connectivity index (χ0) is 8.85. The van der Waals surface area contributed by atoms with Crippen LogP contribution in [0.25, 0.3) is 0 Å². The Morgan fingerprint density at radius 3 is 2.45 bits per heavy atom. The molecule has 0 bridgehead atoms. The van der Waals surface area contributed by atoms with Crippen LogP contribution in [0.15, 0.2) is 6.07 Å². The van der Waals surface area contributed by atoms with Gasteiger partial charge in [-0.2, -0.15) is 0 Å². The van der Waals surface area contributed by atoms with Crippen molar-refractivity contribution in [3.63, 3.8) is 0 Å². The summed E-state index contributed by atoms with van der Waals surface area (Å²) >= 11 is 7.53. The molecule has 0 saturated heterocycles. The number of halogens is 3. The van der Waals surface area contributed by atoms with Crippen LogP contribution in [0.1, 0.15) is 13.3 Å². The molecule has 0 saturated carbocycles. The van der Waals surface area contributed by atoms with Crippen LogP contribution in [-0.2, 0) is 9.53 Å². The van der Waals surface area contributed by atoms with E-state index in [0.717, 1.165) is 6.07 Å². The number of hydrogen-bond donors (Lipinski definition) is 0. The maximum Gasteiger partial charge on any atom is 0.305 e. The van der Waals surface area contributed by atoms with E-state index in [2.05, 4.69) is 61.1 Å². The molecule has 0 aliphatic rings. The second-order valence-corrected chi connectivity index (χ2v) is 6.34. The molecule has 0 fully saturated rings. The summed E-state index contributed by atoms with van der Waals surface area (Å²) in [6, 6.07) is 0. The molecule has 0 rings (SSSR count). The third-order valence-electron chi connectivity index (χ3n) is 0.854. The molecule has 0 unspecified atom stereocenters. The Bertz CT molecular complexity index is 175. The summed E-state index contributed by atoms with van der Waals surface area (Å²) in [7, 11) is 0. The molecule has 0 aromatic carbocycles. The minimum absolute atomic E-state index is 0.163. The molecule has 0 radical (unpaired) electrons. The molecule has 0 aliphatic heterocycles. The standard InChI is InChI=1S/C6H7BrI2O2/c1-2-5(10)11-3-4(8)6(7)9/h2-3H2,1H3. The van der Waals surface area contributed by atoms with Crippen LogP contribution in [0, 0.1) is 0 Å². The number of carbonyl (C=O) groups is 1. The van der Waals surface area contributed by atoms with E-state index in [9.17, 15) is 4.79 Å². The summed E-state index contributed by atoms with van der Waals surface area (Å²) in [6.45, 7) is 2.15.